The highest BCUT2D eigenvalue weighted by molar-refractivity contribution is 8.00. The SMILES string of the molecule is COC(=O)c1c(NC(=O)C(C)Sc2cccc(NC(=O)COc3ccccc3)c2)sc2c1CCN(Cc1ccccc1)C2. The number of anilines is 2. The molecule has 10 heteroatoms. The average molecular weight is 616 g/mol. The minimum Gasteiger partial charge on any atom is -0.484 e. The molecule has 1 atom stereocenters. The van der Waals surface area contributed by atoms with Crippen molar-refractivity contribution in [3.05, 3.63) is 106 Å². The molecular formula is C33H33N3O5S2. The second-order valence-corrected chi connectivity index (χ2v) is 12.6. The minimum atomic E-state index is -0.466. The Labute approximate surface area is 259 Å². The fourth-order valence-corrected chi connectivity index (χ4v) is 7.03. The zero-order chi connectivity index (χ0) is 30.2. The molecule has 0 saturated heterocycles. The van der Waals surface area contributed by atoms with Gasteiger partial charge < -0.3 is 20.1 Å². The average Bonchev–Trinajstić information content (AvgIpc) is 3.37. The van der Waals surface area contributed by atoms with Crippen molar-refractivity contribution in [2.75, 3.05) is 30.9 Å². The highest BCUT2D eigenvalue weighted by Crippen LogP contribution is 2.38. The number of ether oxygens (including phenoxy) is 2. The molecule has 0 radical (unpaired) electrons. The Morgan fingerprint density at radius 1 is 0.977 bits per heavy atom. The largest absolute Gasteiger partial charge is 0.484 e. The van der Waals surface area contributed by atoms with Crippen LogP contribution in [0.3, 0.4) is 0 Å². The molecule has 222 valence electrons. The van der Waals surface area contributed by atoms with Crippen molar-refractivity contribution < 1.29 is 23.9 Å². The molecule has 0 bridgehead atoms. The van der Waals surface area contributed by atoms with Crippen molar-refractivity contribution >= 4 is 51.6 Å². The van der Waals surface area contributed by atoms with Gasteiger partial charge in [0.2, 0.25) is 5.91 Å². The van der Waals surface area contributed by atoms with Crippen LogP contribution in [-0.4, -0.2) is 48.2 Å². The molecule has 2 N–H and O–H groups in total. The number of thioether (sulfide) groups is 1. The van der Waals surface area contributed by atoms with Crippen LogP contribution in [0.5, 0.6) is 5.75 Å². The summed E-state index contributed by atoms with van der Waals surface area (Å²) in [5.41, 5.74) is 3.25. The number of carbonyl (C=O) groups excluding carboxylic acids is 3. The number of amides is 2. The molecule has 0 spiro atoms. The van der Waals surface area contributed by atoms with Crippen molar-refractivity contribution in [1.29, 1.82) is 0 Å². The molecule has 0 saturated carbocycles. The lowest BCUT2D eigenvalue weighted by molar-refractivity contribution is -0.118. The molecule has 1 aromatic heterocycles. The number of para-hydroxylation sites is 1. The predicted molar refractivity (Wildman–Crippen MR) is 171 cm³/mol. The van der Waals surface area contributed by atoms with Gasteiger partial charge in [0.15, 0.2) is 6.61 Å². The topological polar surface area (TPSA) is 97.0 Å². The normalized spacial score (nSPS) is 13.4. The van der Waals surface area contributed by atoms with Crippen LogP contribution in [-0.2, 0) is 33.8 Å². The summed E-state index contributed by atoms with van der Waals surface area (Å²) < 4.78 is 10.6. The maximum absolute atomic E-state index is 13.3. The Morgan fingerprint density at radius 2 is 1.72 bits per heavy atom. The Hall–Kier alpha value is -4.12. The van der Waals surface area contributed by atoms with Gasteiger partial charge in [0, 0.05) is 35.1 Å². The lowest BCUT2D eigenvalue weighted by Crippen LogP contribution is -2.29. The van der Waals surface area contributed by atoms with Gasteiger partial charge >= 0.3 is 5.97 Å². The van der Waals surface area contributed by atoms with Crippen LogP contribution in [0.25, 0.3) is 0 Å². The summed E-state index contributed by atoms with van der Waals surface area (Å²) in [4.78, 5) is 42.7. The fourth-order valence-electron chi connectivity index (χ4n) is 4.82. The maximum atomic E-state index is 13.3. The monoisotopic (exact) mass is 615 g/mol. The van der Waals surface area contributed by atoms with Crippen LogP contribution in [0.4, 0.5) is 10.7 Å². The van der Waals surface area contributed by atoms with Gasteiger partial charge in [-0.15, -0.1) is 23.1 Å². The summed E-state index contributed by atoms with van der Waals surface area (Å²) in [6.07, 6.45) is 0.707. The molecule has 4 aromatic rings. The van der Waals surface area contributed by atoms with E-state index in [9.17, 15) is 14.4 Å². The molecule has 3 aromatic carbocycles. The minimum absolute atomic E-state index is 0.114. The zero-order valence-corrected chi connectivity index (χ0v) is 25.6. The second kappa shape index (κ2) is 14.4. The summed E-state index contributed by atoms with van der Waals surface area (Å²) in [5, 5.41) is 5.89. The number of methoxy groups -OCH3 is 1. The molecule has 1 aliphatic rings. The van der Waals surface area contributed by atoms with Gasteiger partial charge in [-0.3, -0.25) is 14.5 Å². The number of hydrogen-bond donors (Lipinski definition) is 2. The van der Waals surface area contributed by atoms with Gasteiger partial charge in [-0.1, -0.05) is 54.6 Å². The van der Waals surface area contributed by atoms with Crippen LogP contribution < -0.4 is 15.4 Å². The first-order chi connectivity index (χ1) is 20.9. The van der Waals surface area contributed by atoms with E-state index in [4.69, 9.17) is 9.47 Å². The van der Waals surface area contributed by atoms with Gasteiger partial charge in [0.25, 0.3) is 5.91 Å². The number of nitrogens with zero attached hydrogens (tertiary/aromatic N) is 1. The number of nitrogens with one attached hydrogen (secondary N) is 2. The molecule has 8 nitrogen and oxygen atoms in total. The lowest BCUT2D eigenvalue weighted by atomic mass is 10.0. The number of rotatable bonds is 11. The van der Waals surface area contributed by atoms with E-state index in [2.05, 4.69) is 27.7 Å². The summed E-state index contributed by atoms with van der Waals surface area (Å²) in [7, 11) is 1.36. The number of carbonyl (C=O) groups is 3. The molecule has 2 heterocycles. The van der Waals surface area contributed by atoms with E-state index >= 15 is 0 Å². The smallest absolute Gasteiger partial charge is 0.341 e. The van der Waals surface area contributed by atoms with Crippen molar-refractivity contribution in [2.45, 2.75) is 36.6 Å². The molecule has 2 amide bonds. The Kier molecular flexibility index (Phi) is 10.1. The first-order valence-corrected chi connectivity index (χ1v) is 15.6. The molecular weight excluding hydrogens is 583 g/mol. The van der Waals surface area contributed by atoms with Crippen LogP contribution in [0.2, 0.25) is 0 Å². The van der Waals surface area contributed by atoms with Crippen LogP contribution in [0.1, 0.15) is 33.3 Å². The number of esters is 1. The number of fused-ring (bicyclic) bond motifs is 1. The first kappa shape index (κ1) is 30.3. The van der Waals surface area contributed by atoms with Gasteiger partial charge in [-0.25, -0.2) is 4.79 Å². The third-order valence-corrected chi connectivity index (χ3v) is 9.15. The zero-order valence-electron chi connectivity index (χ0n) is 24.0. The lowest BCUT2D eigenvalue weighted by Gasteiger charge is -2.27. The summed E-state index contributed by atoms with van der Waals surface area (Å²) in [5.74, 6) is -0.325. The number of thiophene rings is 1. The van der Waals surface area contributed by atoms with E-state index < -0.39 is 11.2 Å². The Morgan fingerprint density at radius 3 is 2.47 bits per heavy atom. The van der Waals surface area contributed by atoms with E-state index in [1.807, 2.05) is 61.5 Å². The summed E-state index contributed by atoms with van der Waals surface area (Å²) >= 11 is 2.81. The van der Waals surface area contributed by atoms with Crippen molar-refractivity contribution in [2.24, 2.45) is 0 Å². The first-order valence-electron chi connectivity index (χ1n) is 13.9. The van der Waals surface area contributed by atoms with E-state index in [1.54, 1.807) is 18.2 Å². The van der Waals surface area contributed by atoms with Gasteiger partial charge in [0.1, 0.15) is 10.8 Å². The maximum Gasteiger partial charge on any atom is 0.341 e. The standard InChI is InChI=1S/C33H33N3O5S2/c1-22(42-26-15-9-12-24(18-26)34-29(37)21-41-25-13-7-4-8-14-25)31(38)35-32-30(33(39)40-2)27-16-17-36(20-28(27)43-32)19-23-10-5-3-6-11-23/h3-15,18,22H,16-17,19-21H2,1-2H3,(H,34,37)(H,35,38). The van der Waals surface area contributed by atoms with E-state index in [0.717, 1.165) is 28.4 Å². The molecule has 0 aliphatic carbocycles. The number of hydrogen-bond acceptors (Lipinski definition) is 8. The van der Waals surface area contributed by atoms with Gasteiger partial charge in [-0.2, -0.15) is 0 Å². The van der Waals surface area contributed by atoms with Crippen LogP contribution in [0, 0.1) is 0 Å². The highest BCUT2D eigenvalue weighted by atomic mass is 32.2. The Bertz CT molecular complexity index is 1580. The summed E-state index contributed by atoms with van der Waals surface area (Å²) in [6, 6.07) is 26.7. The van der Waals surface area contributed by atoms with Gasteiger partial charge in [0.05, 0.1) is 17.9 Å². The predicted octanol–water partition coefficient (Wildman–Crippen LogP) is 6.23. The third kappa shape index (κ3) is 8.04. The van der Waals surface area contributed by atoms with Crippen LogP contribution >= 0.6 is 23.1 Å². The molecule has 1 aliphatic heterocycles. The van der Waals surface area contributed by atoms with E-state index in [-0.39, 0.29) is 18.4 Å². The van der Waals surface area contributed by atoms with Crippen molar-refractivity contribution in [3.63, 3.8) is 0 Å². The van der Waals surface area contributed by atoms with Crippen molar-refractivity contribution in [1.82, 2.24) is 4.90 Å². The molecule has 0 fully saturated rings. The highest BCUT2D eigenvalue weighted by Gasteiger charge is 2.30. The molecule has 1 unspecified atom stereocenters. The van der Waals surface area contributed by atoms with Crippen molar-refractivity contribution in [3.8, 4) is 5.75 Å². The van der Waals surface area contributed by atoms with Crippen LogP contribution in [0.15, 0.2) is 89.8 Å². The van der Waals surface area contributed by atoms with E-state index in [1.165, 1.54) is 35.8 Å². The second-order valence-electron chi connectivity index (χ2n) is 10.1. The van der Waals surface area contributed by atoms with E-state index in [0.29, 0.717) is 35.0 Å². The fraction of sp³-hybridized carbons (Fsp3) is 0.242. The van der Waals surface area contributed by atoms with Gasteiger partial charge in [-0.05, 0) is 54.8 Å². The number of benzene rings is 3. The molecule has 43 heavy (non-hydrogen) atoms. The Balaban J connectivity index is 1.21. The summed E-state index contributed by atoms with van der Waals surface area (Å²) in [6.45, 7) is 4.03. The third-order valence-electron chi connectivity index (χ3n) is 6.92. The quantitative estimate of drug-likeness (QED) is 0.153. The molecule has 5 rings (SSSR count).